The number of benzene rings is 2. The summed E-state index contributed by atoms with van der Waals surface area (Å²) >= 11 is 7.36. The lowest BCUT2D eigenvalue weighted by Crippen LogP contribution is -2.15. The normalized spacial score (nSPS) is 10.6. The fraction of sp³-hybridized carbons (Fsp3) is 0.190. The molecule has 0 saturated carbocycles. The van der Waals surface area contributed by atoms with E-state index in [2.05, 4.69) is 34.2 Å². The molecule has 0 bridgehead atoms. The van der Waals surface area contributed by atoms with Gasteiger partial charge in [-0.1, -0.05) is 65.8 Å². The van der Waals surface area contributed by atoms with Crippen LogP contribution in [0.4, 0.5) is 5.69 Å². The second-order valence-electron chi connectivity index (χ2n) is 6.26. The molecule has 0 radical (unpaired) electrons. The van der Waals surface area contributed by atoms with Crippen LogP contribution in [0, 0.1) is 6.92 Å². The van der Waals surface area contributed by atoms with Gasteiger partial charge in [-0.3, -0.25) is 4.79 Å². The lowest BCUT2D eigenvalue weighted by atomic mass is 10.1. The van der Waals surface area contributed by atoms with E-state index in [0.29, 0.717) is 23.1 Å². The lowest BCUT2D eigenvalue weighted by Gasteiger charge is -2.10. The maximum absolute atomic E-state index is 12.4. The van der Waals surface area contributed by atoms with Crippen molar-refractivity contribution in [2.75, 3.05) is 11.1 Å². The third-order valence-electron chi connectivity index (χ3n) is 4.12. The molecule has 3 rings (SSSR count). The minimum Gasteiger partial charge on any atom is -0.325 e. The Morgan fingerprint density at radius 1 is 1.25 bits per heavy atom. The largest absolute Gasteiger partial charge is 0.325 e. The average molecular weight is 413 g/mol. The molecule has 144 valence electrons. The van der Waals surface area contributed by atoms with Gasteiger partial charge in [0.25, 0.3) is 0 Å². The Balaban J connectivity index is 1.67. The number of anilines is 1. The highest BCUT2D eigenvalue weighted by Crippen LogP contribution is 2.22. The van der Waals surface area contributed by atoms with E-state index >= 15 is 0 Å². The van der Waals surface area contributed by atoms with Gasteiger partial charge < -0.3 is 9.88 Å². The van der Waals surface area contributed by atoms with Gasteiger partial charge in [-0.25, -0.2) is 0 Å². The van der Waals surface area contributed by atoms with Crippen molar-refractivity contribution in [2.24, 2.45) is 0 Å². The maximum Gasteiger partial charge on any atom is 0.234 e. The van der Waals surface area contributed by atoms with Gasteiger partial charge in [-0.05, 0) is 30.2 Å². The molecule has 0 unspecified atom stereocenters. The number of nitrogens with zero attached hydrogens (tertiary/aromatic N) is 3. The zero-order chi connectivity index (χ0) is 19.9. The summed E-state index contributed by atoms with van der Waals surface area (Å²) in [5, 5.41) is 12.8. The van der Waals surface area contributed by atoms with Crippen LogP contribution in [0.1, 0.15) is 17.0 Å². The summed E-state index contributed by atoms with van der Waals surface area (Å²) in [4.78, 5) is 12.4. The number of aromatic nitrogens is 3. The van der Waals surface area contributed by atoms with E-state index < -0.39 is 0 Å². The molecule has 3 aromatic rings. The molecule has 0 aliphatic heterocycles. The average Bonchev–Trinajstić information content (AvgIpc) is 3.06. The molecule has 0 atom stereocenters. The first-order chi connectivity index (χ1) is 13.6. The van der Waals surface area contributed by atoms with Crippen molar-refractivity contribution in [3.63, 3.8) is 0 Å². The van der Waals surface area contributed by atoms with Crippen LogP contribution in [0.2, 0.25) is 5.02 Å². The zero-order valence-electron chi connectivity index (χ0n) is 15.6. The van der Waals surface area contributed by atoms with Crippen LogP contribution in [-0.4, -0.2) is 26.4 Å². The van der Waals surface area contributed by atoms with Gasteiger partial charge in [0.15, 0.2) is 5.16 Å². The van der Waals surface area contributed by atoms with Crippen LogP contribution in [0.25, 0.3) is 0 Å². The Labute approximate surface area is 173 Å². The zero-order valence-corrected chi connectivity index (χ0v) is 17.1. The SMILES string of the molecule is C=CCn1c(Cc2ccccc2)nnc1SCC(=O)Nc1cc(Cl)ccc1C. The van der Waals surface area contributed by atoms with Crippen molar-refractivity contribution in [1.29, 1.82) is 0 Å². The fourth-order valence-corrected chi connectivity index (χ4v) is 3.63. The molecule has 5 nitrogen and oxygen atoms in total. The molecule has 2 aromatic carbocycles. The second kappa shape index (κ2) is 9.57. The minimum atomic E-state index is -0.117. The van der Waals surface area contributed by atoms with Gasteiger partial charge in [0, 0.05) is 23.7 Å². The smallest absolute Gasteiger partial charge is 0.234 e. The van der Waals surface area contributed by atoms with E-state index in [1.54, 1.807) is 18.2 Å². The Morgan fingerprint density at radius 3 is 2.79 bits per heavy atom. The number of hydrogen-bond acceptors (Lipinski definition) is 4. The Kier molecular flexibility index (Phi) is 6.90. The minimum absolute atomic E-state index is 0.117. The van der Waals surface area contributed by atoms with Gasteiger partial charge >= 0.3 is 0 Å². The number of thioether (sulfide) groups is 1. The van der Waals surface area contributed by atoms with Gasteiger partial charge in [0.1, 0.15) is 5.82 Å². The van der Waals surface area contributed by atoms with Crippen LogP contribution in [0.15, 0.2) is 66.3 Å². The highest BCUT2D eigenvalue weighted by Gasteiger charge is 2.14. The molecule has 0 fully saturated rings. The molecule has 7 heteroatoms. The van der Waals surface area contributed by atoms with E-state index in [-0.39, 0.29) is 11.7 Å². The van der Waals surface area contributed by atoms with Crippen LogP contribution < -0.4 is 5.32 Å². The molecular formula is C21H21ClN4OS. The molecule has 0 spiro atoms. The van der Waals surface area contributed by atoms with E-state index in [4.69, 9.17) is 11.6 Å². The molecule has 1 amide bonds. The third kappa shape index (κ3) is 5.24. The monoisotopic (exact) mass is 412 g/mol. The van der Waals surface area contributed by atoms with Crippen LogP contribution in [0.5, 0.6) is 0 Å². The Bertz CT molecular complexity index is 972. The molecule has 1 aromatic heterocycles. The predicted molar refractivity (Wildman–Crippen MR) is 115 cm³/mol. The van der Waals surface area contributed by atoms with E-state index in [1.807, 2.05) is 35.8 Å². The van der Waals surface area contributed by atoms with Crippen molar-refractivity contribution in [1.82, 2.24) is 14.8 Å². The molecule has 0 aliphatic rings. The summed E-state index contributed by atoms with van der Waals surface area (Å²) in [6, 6.07) is 15.5. The number of amides is 1. The van der Waals surface area contributed by atoms with Crippen molar-refractivity contribution in [2.45, 2.75) is 25.0 Å². The number of allylic oxidation sites excluding steroid dienone is 1. The van der Waals surface area contributed by atoms with E-state index in [9.17, 15) is 4.79 Å². The fourth-order valence-electron chi connectivity index (χ4n) is 2.69. The van der Waals surface area contributed by atoms with Crippen molar-refractivity contribution < 1.29 is 4.79 Å². The quantitative estimate of drug-likeness (QED) is 0.428. The summed E-state index contributed by atoms with van der Waals surface area (Å²) in [6.07, 6.45) is 2.48. The summed E-state index contributed by atoms with van der Waals surface area (Å²) in [5.41, 5.74) is 2.84. The first-order valence-electron chi connectivity index (χ1n) is 8.82. The van der Waals surface area contributed by atoms with Gasteiger partial charge in [0.05, 0.1) is 5.75 Å². The third-order valence-corrected chi connectivity index (χ3v) is 5.32. The summed E-state index contributed by atoms with van der Waals surface area (Å²) < 4.78 is 1.99. The molecule has 1 heterocycles. The number of hydrogen-bond donors (Lipinski definition) is 1. The number of carbonyl (C=O) groups is 1. The Hall–Kier alpha value is -2.57. The number of nitrogens with one attached hydrogen (secondary N) is 1. The molecule has 0 aliphatic carbocycles. The van der Waals surface area contributed by atoms with Gasteiger partial charge in [0.2, 0.25) is 5.91 Å². The lowest BCUT2D eigenvalue weighted by molar-refractivity contribution is -0.113. The van der Waals surface area contributed by atoms with Crippen LogP contribution >= 0.6 is 23.4 Å². The standard InChI is InChI=1S/C21H21ClN4OS/c1-3-11-26-19(12-16-7-5-4-6-8-16)24-25-21(26)28-14-20(27)23-18-13-17(22)10-9-15(18)2/h3-10,13H,1,11-12,14H2,2H3,(H,23,27). The molecule has 0 saturated heterocycles. The topological polar surface area (TPSA) is 59.8 Å². The predicted octanol–water partition coefficient (Wildman–Crippen LogP) is 4.75. The first kappa shape index (κ1) is 20.2. The number of halogens is 1. The van der Waals surface area contributed by atoms with Crippen molar-refractivity contribution in [3.8, 4) is 0 Å². The number of carbonyl (C=O) groups excluding carboxylic acids is 1. The van der Waals surface area contributed by atoms with Gasteiger partial charge in [-0.2, -0.15) is 0 Å². The number of rotatable bonds is 8. The van der Waals surface area contributed by atoms with E-state index in [1.165, 1.54) is 11.8 Å². The van der Waals surface area contributed by atoms with E-state index in [0.717, 1.165) is 22.6 Å². The first-order valence-corrected chi connectivity index (χ1v) is 10.2. The summed E-state index contributed by atoms with van der Waals surface area (Å²) in [7, 11) is 0. The van der Waals surface area contributed by atoms with Gasteiger partial charge in [-0.15, -0.1) is 16.8 Å². The molecule has 1 N–H and O–H groups in total. The highest BCUT2D eigenvalue weighted by molar-refractivity contribution is 7.99. The second-order valence-corrected chi connectivity index (χ2v) is 7.64. The summed E-state index contributed by atoms with van der Waals surface area (Å²) in [5.74, 6) is 0.958. The van der Waals surface area contributed by atoms with Crippen molar-refractivity contribution in [3.05, 3.63) is 83.2 Å². The highest BCUT2D eigenvalue weighted by atomic mass is 35.5. The Morgan fingerprint density at radius 2 is 2.04 bits per heavy atom. The van der Waals surface area contributed by atoms with Crippen molar-refractivity contribution >= 4 is 35.0 Å². The molecule has 28 heavy (non-hydrogen) atoms. The summed E-state index contributed by atoms with van der Waals surface area (Å²) in [6.45, 7) is 6.33. The van der Waals surface area contributed by atoms with Crippen LogP contribution in [0.3, 0.4) is 0 Å². The maximum atomic E-state index is 12.4. The molecular weight excluding hydrogens is 392 g/mol. The van der Waals surface area contributed by atoms with Crippen LogP contribution in [-0.2, 0) is 17.8 Å². The number of aryl methyl sites for hydroxylation is 1.